The summed E-state index contributed by atoms with van der Waals surface area (Å²) in [7, 11) is 1.68. The van der Waals surface area contributed by atoms with Crippen molar-refractivity contribution in [3.63, 3.8) is 0 Å². The third-order valence-electron chi connectivity index (χ3n) is 2.53. The van der Waals surface area contributed by atoms with Crippen LogP contribution in [0.5, 0.6) is 0 Å². The van der Waals surface area contributed by atoms with E-state index in [0.29, 0.717) is 25.8 Å². The molecule has 0 aliphatic rings. The lowest BCUT2D eigenvalue weighted by atomic mass is 10.1. The van der Waals surface area contributed by atoms with Crippen LogP contribution < -0.4 is 0 Å². The van der Waals surface area contributed by atoms with Crippen molar-refractivity contribution >= 4 is 5.91 Å². The first-order valence-electron chi connectivity index (χ1n) is 5.49. The molecule has 1 aromatic rings. The first kappa shape index (κ1) is 13.2. The van der Waals surface area contributed by atoms with Crippen LogP contribution in [0.2, 0.25) is 0 Å². The molecule has 0 aromatic heterocycles. The molecular weight excluding hydrogens is 219 g/mol. The molecule has 4 heteroatoms. The maximum Gasteiger partial charge on any atom is 0.222 e. The Kier molecular flexibility index (Phi) is 5.15. The summed E-state index contributed by atoms with van der Waals surface area (Å²) in [4.78, 5) is 13.2. The first-order chi connectivity index (χ1) is 8.13. The van der Waals surface area contributed by atoms with Gasteiger partial charge in [0.15, 0.2) is 0 Å². The number of benzene rings is 1. The number of hydrogen-bond donors (Lipinski definition) is 0. The quantitative estimate of drug-likeness (QED) is 0.783. The predicted molar refractivity (Wildman–Crippen MR) is 62.6 cm³/mol. The van der Waals surface area contributed by atoms with Crippen molar-refractivity contribution in [1.29, 1.82) is 5.26 Å². The van der Waals surface area contributed by atoms with Crippen LogP contribution in [0.15, 0.2) is 24.3 Å². The molecular formula is C13H15FN2O. The zero-order valence-electron chi connectivity index (χ0n) is 9.82. The van der Waals surface area contributed by atoms with Gasteiger partial charge >= 0.3 is 0 Å². The van der Waals surface area contributed by atoms with Gasteiger partial charge in [0, 0.05) is 20.0 Å². The summed E-state index contributed by atoms with van der Waals surface area (Å²) in [5.74, 6) is -0.268. The zero-order chi connectivity index (χ0) is 12.7. The van der Waals surface area contributed by atoms with Crippen molar-refractivity contribution < 1.29 is 9.18 Å². The fourth-order valence-corrected chi connectivity index (χ4v) is 1.44. The number of amides is 1. The highest BCUT2D eigenvalue weighted by Crippen LogP contribution is 2.06. The minimum atomic E-state index is -0.272. The summed E-state index contributed by atoms with van der Waals surface area (Å²) < 4.78 is 12.6. The summed E-state index contributed by atoms with van der Waals surface area (Å²) in [5, 5.41) is 8.41. The highest BCUT2D eigenvalue weighted by Gasteiger charge is 2.08. The molecule has 0 N–H and O–H groups in total. The second-order valence-electron chi connectivity index (χ2n) is 3.85. The predicted octanol–water partition coefficient (Wildman–Crippen LogP) is 2.13. The van der Waals surface area contributed by atoms with Crippen LogP contribution >= 0.6 is 0 Å². The van der Waals surface area contributed by atoms with Gasteiger partial charge in [-0.1, -0.05) is 12.1 Å². The van der Waals surface area contributed by atoms with E-state index in [9.17, 15) is 9.18 Å². The van der Waals surface area contributed by atoms with Gasteiger partial charge in [-0.2, -0.15) is 5.26 Å². The molecule has 0 aliphatic carbocycles. The number of nitriles is 1. The third kappa shape index (κ3) is 4.64. The van der Waals surface area contributed by atoms with Crippen LogP contribution in [0.25, 0.3) is 0 Å². The minimum Gasteiger partial charge on any atom is -0.345 e. The van der Waals surface area contributed by atoms with Gasteiger partial charge in [0.25, 0.3) is 0 Å². The molecule has 0 saturated carbocycles. The summed E-state index contributed by atoms with van der Waals surface area (Å²) in [5.41, 5.74) is 0.938. The van der Waals surface area contributed by atoms with Crippen LogP contribution in [0.1, 0.15) is 18.4 Å². The highest BCUT2D eigenvalue weighted by molar-refractivity contribution is 5.76. The standard InChI is InChI=1S/C13H15FN2O/c1-16(10-2-9-15)13(17)8-5-11-3-6-12(14)7-4-11/h3-4,6-7H,2,5,8,10H2,1H3. The number of carbonyl (C=O) groups excluding carboxylic acids is 1. The maximum absolute atomic E-state index is 12.6. The lowest BCUT2D eigenvalue weighted by Crippen LogP contribution is -2.27. The van der Waals surface area contributed by atoms with E-state index in [2.05, 4.69) is 0 Å². The van der Waals surface area contributed by atoms with Crippen molar-refractivity contribution in [3.05, 3.63) is 35.6 Å². The number of hydrogen-bond acceptors (Lipinski definition) is 2. The van der Waals surface area contributed by atoms with Crippen molar-refractivity contribution in [2.24, 2.45) is 0 Å². The van der Waals surface area contributed by atoms with Gasteiger partial charge in [-0.25, -0.2) is 4.39 Å². The lowest BCUT2D eigenvalue weighted by Gasteiger charge is -2.15. The molecule has 0 atom stereocenters. The Bertz CT molecular complexity index is 408. The highest BCUT2D eigenvalue weighted by atomic mass is 19.1. The number of halogens is 1. The number of carbonyl (C=O) groups is 1. The molecule has 0 heterocycles. The molecule has 3 nitrogen and oxygen atoms in total. The zero-order valence-corrected chi connectivity index (χ0v) is 9.82. The minimum absolute atomic E-state index is 0.00424. The first-order valence-corrected chi connectivity index (χ1v) is 5.49. The largest absolute Gasteiger partial charge is 0.345 e. The van der Waals surface area contributed by atoms with Crippen LogP contribution in [-0.2, 0) is 11.2 Å². The van der Waals surface area contributed by atoms with Crippen LogP contribution in [0, 0.1) is 17.1 Å². The summed E-state index contributed by atoms with van der Waals surface area (Å²) in [6, 6.07) is 8.13. The summed E-state index contributed by atoms with van der Waals surface area (Å²) >= 11 is 0. The van der Waals surface area contributed by atoms with E-state index in [1.54, 1.807) is 24.1 Å². The van der Waals surface area contributed by atoms with E-state index >= 15 is 0 Å². The molecule has 0 spiro atoms. The van der Waals surface area contributed by atoms with Gasteiger partial charge in [-0.05, 0) is 24.1 Å². The van der Waals surface area contributed by atoms with Crippen LogP contribution in [0.4, 0.5) is 4.39 Å². The molecule has 1 amide bonds. The van der Waals surface area contributed by atoms with Gasteiger partial charge < -0.3 is 4.90 Å². The van der Waals surface area contributed by atoms with Crippen LogP contribution in [-0.4, -0.2) is 24.4 Å². The number of nitrogens with zero attached hydrogens (tertiary/aromatic N) is 2. The van der Waals surface area contributed by atoms with E-state index in [0.717, 1.165) is 5.56 Å². The molecule has 0 unspecified atom stereocenters. The maximum atomic E-state index is 12.6. The second-order valence-corrected chi connectivity index (χ2v) is 3.85. The Morgan fingerprint density at radius 2 is 2.06 bits per heavy atom. The van der Waals surface area contributed by atoms with E-state index in [1.807, 2.05) is 6.07 Å². The van der Waals surface area contributed by atoms with Gasteiger partial charge in [-0.3, -0.25) is 4.79 Å². The molecule has 1 rings (SSSR count). The molecule has 0 aliphatic heterocycles. The second kappa shape index (κ2) is 6.64. The van der Waals surface area contributed by atoms with Gasteiger partial charge in [0.05, 0.1) is 12.5 Å². The Hall–Kier alpha value is -1.89. The Balaban J connectivity index is 2.37. The SMILES string of the molecule is CN(CCC#N)C(=O)CCc1ccc(F)cc1. The lowest BCUT2D eigenvalue weighted by molar-refractivity contribution is -0.129. The fourth-order valence-electron chi connectivity index (χ4n) is 1.44. The normalized spacial score (nSPS) is 9.71. The molecule has 1 aromatic carbocycles. The van der Waals surface area contributed by atoms with E-state index in [4.69, 9.17) is 5.26 Å². The van der Waals surface area contributed by atoms with Crippen molar-refractivity contribution in [2.45, 2.75) is 19.3 Å². The Morgan fingerprint density at radius 3 is 2.65 bits per heavy atom. The van der Waals surface area contributed by atoms with Gasteiger partial charge in [-0.15, -0.1) is 0 Å². The van der Waals surface area contributed by atoms with E-state index in [-0.39, 0.29) is 11.7 Å². The molecule has 90 valence electrons. The Morgan fingerprint density at radius 1 is 1.41 bits per heavy atom. The topological polar surface area (TPSA) is 44.1 Å². The van der Waals surface area contributed by atoms with Gasteiger partial charge in [0.2, 0.25) is 5.91 Å². The third-order valence-corrected chi connectivity index (χ3v) is 2.53. The molecule has 0 radical (unpaired) electrons. The summed E-state index contributed by atoms with van der Waals surface area (Å²) in [6.07, 6.45) is 1.32. The van der Waals surface area contributed by atoms with Crippen molar-refractivity contribution in [3.8, 4) is 6.07 Å². The fraction of sp³-hybridized carbons (Fsp3) is 0.385. The average Bonchev–Trinajstić information content (AvgIpc) is 2.34. The van der Waals surface area contributed by atoms with Gasteiger partial charge in [0.1, 0.15) is 5.82 Å². The monoisotopic (exact) mass is 234 g/mol. The van der Waals surface area contributed by atoms with Crippen LogP contribution in [0.3, 0.4) is 0 Å². The molecule has 17 heavy (non-hydrogen) atoms. The summed E-state index contributed by atoms with van der Waals surface area (Å²) in [6.45, 7) is 0.457. The van der Waals surface area contributed by atoms with Crippen molar-refractivity contribution in [2.75, 3.05) is 13.6 Å². The average molecular weight is 234 g/mol. The molecule has 0 fully saturated rings. The van der Waals surface area contributed by atoms with Crippen molar-refractivity contribution in [1.82, 2.24) is 4.90 Å². The number of aryl methyl sites for hydroxylation is 1. The smallest absolute Gasteiger partial charge is 0.222 e. The van der Waals surface area contributed by atoms with E-state index < -0.39 is 0 Å². The molecule has 0 saturated heterocycles. The molecule has 0 bridgehead atoms. The van der Waals surface area contributed by atoms with E-state index in [1.165, 1.54) is 12.1 Å². The number of rotatable bonds is 5. The Labute approximate surface area is 100 Å².